The first-order valence-electron chi connectivity index (χ1n) is 13.7. The van der Waals surface area contributed by atoms with Crippen molar-refractivity contribution in [2.24, 2.45) is 0 Å². The molecule has 10 nitrogen and oxygen atoms in total. The molecule has 6 rings (SSSR count). The minimum atomic E-state index is -4.10. The summed E-state index contributed by atoms with van der Waals surface area (Å²) in [6.45, 7) is 6.32. The molecule has 4 bridgehead atoms. The van der Waals surface area contributed by atoms with Crippen LogP contribution in [0.3, 0.4) is 0 Å². The van der Waals surface area contributed by atoms with Crippen LogP contribution in [0.5, 0.6) is 11.6 Å². The molecule has 216 valence electrons. The molecular weight excluding hydrogens is 554 g/mol. The molecule has 2 aliphatic rings. The number of aromatic nitrogens is 2. The maximum atomic E-state index is 13.7. The quantitative estimate of drug-likeness (QED) is 0.370. The molecule has 1 saturated heterocycles. The molecule has 11 heteroatoms. The van der Waals surface area contributed by atoms with E-state index >= 15 is 0 Å². The Kier molecular flexibility index (Phi) is 7.29. The largest absolute Gasteiger partial charge is 0.508 e. The molecule has 0 saturated carbocycles. The van der Waals surface area contributed by atoms with Gasteiger partial charge in [-0.15, -0.1) is 0 Å². The predicted molar refractivity (Wildman–Crippen MR) is 158 cm³/mol. The van der Waals surface area contributed by atoms with Crippen LogP contribution in [-0.2, 0) is 16.6 Å². The zero-order chi connectivity index (χ0) is 29.4. The number of phenolic OH excluding ortho intramolecular Hbond substituents is 1. The number of nitrogens with zero attached hydrogens (tertiary/aromatic N) is 4. The Morgan fingerprint density at radius 3 is 2.48 bits per heavy atom. The van der Waals surface area contributed by atoms with Crippen molar-refractivity contribution in [1.82, 2.24) is 19.8 Å². The summed E-state index contributed by atoms with van der Waals surface area (Å²) in [6.07, 6.45) is 0. The molecule has 42 heavy (non-hydrogen) atoms. The summed E-state index contributed by atoms with van der Waals surface area (Å²) < 4.78 is 35.5. The van der Waals surface area contributed by atoms with Crippen LogP contribution in [0.4, 0.5) is 5.95 Å². The summed E-state index contributed by atoms with van der Waals surface area (Å²) >= 11 is 0. The number of phenols is 1. The van der Waals surface area contributed by atoms with E-state index in [1.807, 2.05) is 44.2 Å². The fraction of sp³-hybridized carbons (Fsp3) is 0.258. The summed E-state index contributed by atoms with van der Waals surface area (Å²) in [5, 5.41) is 9.66. The second kappa shape index (κ2) is 11.1. The number of hydrogen-bond donors (Lipinski definition) is 2. The van der Waals surface area contributed by atoms with Gasteiger partial charge in [-0.25, -0.2) is 18.1 Å². The van der Waals surface area contributed by atoms with Gasteiger partial charge in [0.15, 0.2) is 0 Å². The first kappa shape index (κ1) is 27.7. The average Bonchev–Trinajstić information content (AvgIpc) is 2.96. The number of anilines is 1. The number of aryl methyl sites for hydroxylation is 2. The Balaban J connectivity index is 1.40. The fourth-order valence-corrected chi connectivity index (χ4v) is 6.54. The number of rotatable bonds is 3. The van der Waals surface area contributed by atoms with Crippen LogP contribution in [0.1, 0.15) is 27.0 Å². The number of aromatic hydroxyl groups is 1. The van der Waals surface area contributed by atoms with Gasteiger partial charge in [-0.2, -0.15) is 4.98 Å². The number of piperazine rings is 1. The van der Waals surface area contributed by atoms with Gasteiger partial charge in [0.05, 0.1) is 16.6 Å². The van der Waals surface area contributed by atoms with E-state index in [9.17, 15) is 18.3 Å². The van der Waals surface area contributed by atoms with Gasteiger partial charge in [0.2, 0.25) is 11.8 Å². The molecule has 0 aliphatic carbocycles. The van der Waals surface area contributed by atoms with E-state index in [2.05, 4.69) is 19.6 Å². The Bertz CT molecular complexity index is 1740. The van der Waals surface area contributed by atoms with Gasteiger partial charge >= 0.3 is 0 Å². The highest BCUT2D eigenvalue weighted by atomic mass is 32.2. The molecule has 4 aromatic rings. The normalized spacial score (nSPS) is 18.5. The van der Waals surface area contributed by atoms with Crippen molar-refractivity contribution < 1.29 is 23.1 Å². The molecule has 1 aromatic heterocycles. The topological polar surface area (TPSA) is 125 Å². The number of amides is 1. The van der Waals surface area contributed by atoms with E-state index in [0.29, 0.717) is 31.9 Å². The van der Waals surface area contributed by atoms with E-state index in [1.165, 1.54) is 12.1 Å². The maximum Gasteiger partial charge on any atom is 0.264 e. The molecule has 1 atom stereocenters. The Labute approximate surface area is 244 Å². The van der Waals surface area contributed by atoms with Gasteiger partial charge in [-0.1, -0.05) is 36.4 Å². The van der Waals surface area contributed by atoms with E-state index in [4.69, 9.17) is 4.74 Å². The van der Waals surface area contributed by atoms with Crippen LogP contribution in [0.25, 0.3) is 11.3 Å². The van der Waals surface area contributed by atoms with Gasteiger partial charge in [0.1, 0.15) is 12.4 Å². The lowest BCUT2D eigenvalue weighted by molar-refractivity contribution is 0.0310. The van der Waals surface area contributed by atoms with Crippen molar-refractivity contribution in [3.05, 3.63) is 95.1 Å². The number of ether oxygens (including phenoxy) is 1. The van der Waals surface area contributed by atoms with Crippen LogP contribution in [0.2, 0.25) is 0 Å². The molecule has 0 spiro atoms. The van der Waals surface area contributed by atoms with Crippen molar-refractivity contribution in [3.63, 3.8) is 0 Å². The third kappa shape index (κ3) is 5.65. The van der Waals surface area contributed by atoms with Gasteiger partial charge in [-0.3, -0.25) is 9.69 Å². The van der Waals surface area contributed by atoms with Crippen LogP contribution in [0, 0.1) is 13.8 Å². The smallest absolute Gasteiger partial charge is 0.264 e. The minimum absolute atomic E-state index is 0.0568. The van der Waals surface area contributed by atoms with Gasteiger partial charge < -0.3 is 14.7 Å². The van der Waals surface area contributed by atoms with Gasteiger partial charge in [0.25, 0.3) is 15.9 Å². The highest BCUT2D eigenvalue weighted by molar-refractivity contribution is 7.92. The highest BCUT2D eigenvalue weighted by Gasteiger charge is 2.33. The third-order valence-corrected chi connectivity index (χ3v) is 8.98. The standard InChI is InChI=1S/C31H31N5O5S/c1-20-5-3-6-21(2)29(20)27-16-28-33-31(32-27)34-42(39,40)26-8-4-7-23(15-26)30(38)36-14-13-35(18-24(36)19-41-28)17-22-9-11-25(37)12-10-22/h3-12,15-16,24,37H,13-14,17-19H2,1-2H3,(H,32,33,34)/t24-/m1/s1. The monoisotopic (exact) mass is 585 g/mol. The molecule has 3 aromatic carbocycles. The number of carbonyl (C=O) groups is 1. The molecule has 2 N–H and O–H groups in total. The number of sulfonamides is 1. The molecule has 2 aliphatic heterocycles. The van der Waals surface area contributed by atoms with Crippen molar-refractivity contribution in [1.29, 1.82) is 0 Å². The predicted octanol–water partition coefficient (Wildman–Crippen LogP) is 3.99. The van der Waals surface area contributed by atoms with Crippen LogP contribution < -0.4 is 9.46 Å². The molecule has 1 amide bonds. The molecule has 3 heterocycles. The molecule has 1 fully saturated rings. The van der Waals surface area contributed by atoms with E-state index < -0.39 is 10.0 Å². The Hall–Kier alpha value is -4.48. The Morgan fingerprint density at radius 2 is 1.71 bits per heavy atom. The first-order chi connectivity index (χ1) is 20.2. The van der Waals surface area contributed by atoms with Crippen molar-refractivity contribution in [2.75, 3.05) is 31.0 Å². The zero-order valence-electron chi connectivity index (χ0n) is 23.3. The number of benzene rings is 3. The van der Waals surface area contributed by atoms with Crippen molar-refractivity contribution >= 4 is 21.9 Å². The molecular formula is C31H31N5O5S. The molecule has 0 radical (unpaired) electrons. The van der Waals surface area contributed by atoms with E-state index in [0.717, 1.165) is 22.3 Å². The second-order valence-corrected chi connectivity index (χ2v) is 12.4. The lowest BCUT2D eigenvalue weighted by Crippen LogP contribution is -2.57. The number of nitrogens with one attached hydrogen (secondary N) is 1. The first-order valence-corrected chi connectivity index (χ1v) is 15.2. The van der Waals surface area contributed by atoms with Crippen LogP contribution in [0.15, 0.2) is 77.7 Å². The SMILES string of the molecule is Cc1cccc(C)c1-c1cc2nc(n1)NS(=O)(=O)c1cccc(c1)C(=O)N1CCN(Cc3ccc(O)cc3)C[C@@H]1CO2. The van der Waals surface area contributed by atoms with Gasteiger partial charge in [0, 0.05) is 43.4 Å². The molecule has 0 unspecified atom stereocenters. The summed E-state index contributed by atoms with van der Waals surface area (Å²) in [4.78, 5) is 26.6. The highest BCUT2D eigenvalue weighted by Crippen LogP contribution is 2.30. The lowest BCUT2D eigenvalue weighted by Gasteiger charge is -2.41. The third-order valence-electron chi connectivity index (χ3n) is 7.65. The minimum Gasteiger partial charge on any atom is -0.508 e. The number of hydrogen-bond acceptors (Lipinski definition) is 8. The van der Waals surface area contributed by atoms with E-state index in [-0.39, 0.29) is 46.6 Å². The van der Waals surface area contributed by atoms with Crippen molar-refractivity contribution in [2.45, 2.75) is 31.3 Å². The summed E-state index contributed by atoms with van der Waals surface area (Å²) in [6, 6.07) is 20.4. The second-order valence-electron chi connectivity index (χ2n) is 10.7. The number of carbonyl (C=O) groups excluding carboxylic acids is 1. The summed E-state index contributed by atoms with van der Waals surface area (Å²) in [5.41, 5.74) is 4.67. The summed E-state index contributed by atoms with van der Waals surface area (Å²) in [5.74, 6) is 0.0316. The maximum absolute atomic E-state index is 13.7. The van der Waals surface area contributed by atoms with Crippen molar-refractivity contribution in [3.8, 4) is 22.9 Å². The zero-order valence-corrected chi connectivity index (χ0v) is 24.1. The van der Waals surface area contributed by atoms with Crippen LogP contribution in [-0.4, -0.2) is 71.5 Å². The fourth-order valence-electron chi connectivity index (χ4n) is 5.55. The Morgan fingerprint density at radius 1 is 0.976 bits per heavy atom. The van der Waals surface area contributed by atoms with Crippen LogP contribution >= 0.6 is 0 Å². The summed E-state index contributed by atoms with van der Waals surface area (Å²) in [7, 11) is -4.10. The average molecular weight is 586 g/mol. The van der Waals surface area contributed by atoms with E-state index in [1.54, 1.807) is 35.2 Å². The van der Waals surface area contributed by atoms with Gasteiger partial charge in [-0.05, 0) is 60.9 Å². The lowest BCUT2D eigenvalue weighted by atomic mass is 10.00. The number of fused-ring (bicyclic) bond motifs is 5.